The summed E-state index contributed by atoms with van der Waals surface area (Å²) in [6, 6.07) is 14.7. The molecule has 0 atom stereocenters. The molecule has 41 heavy (non-hydrogen) atoms. The van der Waals surface area contributed by atoms with Crippen LogP contribution in [-0.4, -0.2) is 88.4 Å². The first-order chi connectivity index (χ1) is 19.5. The molecule has 13 heteroatoms. The lowest BCUT2D eigenvalue weighted by Crippen LogP contribution is -2.37. The van der Waals surface area contributed by atoms with Gasteiger partial charge in [0.25, 0.3) is 0 Å². The second kappa shape index (κ2) is 13.1. The molecule has 1 aliphatic rings. The first-order valence-corrected chi connectivity index (χ1v) is 16.8. The van der Waals surface area contributed by atoms with Gasteiger partial charge in [-0.05, 0) is 62.8 Å². The van der Waals surface area contributed by atoms with Crippen LogP contribution in [0.4, 0.5) is 5.82 Å². The van der Waals surface area contributed by atoms with E-state index in [1.165, 1.54) is 6.26 Å². The molecule has 1 aliphatic heterocycles. The number of aromatic nitrogens is 2. The van der Waals surface area contributed by atoms with Gasteiger partial charge >= 0.3 is 0 Å². The number of amidine groups is 1. The van der Waals surface area contributed by atoms with Gasteiger partial charge in [-0.2, -0.15) is 0 Å². The zero-order valence-corrected chi connectivity index (χ0v) is 25.2. The average molecular weight is 601 g/mol. The summed E-state index contributed by atoms with van der Waals surface area (Å²) in [5.41, 5.74) is 8.53. The lowest BCUT2D eigenvalue weighted by Gasteiger charge is -2.29. The van der Waals surface area contributed by atoms with Crippen molar-refractivity contribution < 1.29 is 21.7 Å². The number of hydrogen-bond acceptors (Lipinski definition) is 10. The maximum absolute atomic E-state index is 12.9. The number of benzene rings is 2. The van der Waals surface area contributed by atoms with Gasteiger partial charge in [0, 0.05) is 36.9 Å². The highest BCUT2D eigenvalue weighted by molar-refractivity contribution is 7.91. The summed E-state index contributed by atoms with van der Waals surface area (Å²) in [5, 5.41) is 1.69. The van der Waals surface area contributed by atoms with E-state index in [4.69, 9.17) is 20.5 Å². The molecule has 0 spiro atoms. The van der Waals surface area contributed by atoms with Gasteiger partial charge in [0.2, 0.25) is 9.84 Å². The number of anilines is 1. The standard InChI is InChI=1S/C28H36N6O5S2/c1-33(17-18-40(3,35)36)16-8-7-15-30-26-19-24-25(20-34(26)39-2)31-28(32-27(24)29)21-11-13-23(14-12-21)41(37,38)22-9-5-4-6-10-22/h4-6,9-14H,7-8,15-20H2,1-3H3,(H2,29,31,32). The van der Waals surface area contributed by atoms with Gasteiger partial charge in [0.1, 0.15) is 21.5 Å². The highest BCUT2D eigenvalue weighted by atomic mass is 32.2. The number of fused-ring (bicyclic) bond motifs is 1. The van der Waals surface area contributed by atoms with Crippen LogP contribution in [0, 0.1) is 0 Å². The topological polar surface area (TPSA) is 148 Å². The van der Waals surface area contributed by atoms with Crippen molar-refractivity contribution in [1.82, 2.24) is 19.9 Å². The molecule has 4 rings (SSSR count). The molecule has 0 amide bonds. The molecular weight excluding hydrogens is 564 g/mol. The SMILES string of the molecule is CON1Cc2nc(-c3ccc(S(=O)(=O)c4ccccc4)cc3)nc(N)c2CC1=NCCCCN(C)CCS(C)(=O)=O. The number of hydroxylamine groups is 2. The zero-order chi connectivity index (χ0) is 29.6. The predicted octanol–water partition coefficient (Wildman–Crippen LogP) is 2.63. The van der Waals surface area contributed by atoms with Crippen LogP contribution in [0.15, 0.2) is 69.4 Å². The molecule has 1 aromatic heterocycles. The predicted molar refractivity (Wildman–Crippen MR) is 159 cm³/mol. The van der Waals surface area contributed by atoms with Crippen LogP contribution in [0.25, 0.3) is 11.4 Å². The molecule has 0 unspecified atom stereocenters. The molecule has 220 valence electrons. The zero-order valence-electron chi connectivity index (χ0n) is 23.5. The van der Waals surface area contributed by atoms with Gasteiger partial charge in [-0.1, -0.05) is 18.2 Å². The summed E-state index contributed by atoms with van der Waals surface area (Å²) < 4.78 is 48.5. The van der Waals surface area contributed by atoms with Crippen molar-refractivity contribution in [3.63, 3.8) is 0 Å². The van der Waals surface area contributed by atoms with Crippen LogP contribution >= 0.6 is 0 Å². The van der Waals surface area contributed by atoms with Crippen LogP contribution in [0.2, 0.25) is 0 Å². The van der Waals surface area contributed by atoms with Crippen molar-refractivity contribution in [2.45, 2.75) is 35.6 Å². The third-order valence-electron chi connectivity index (χ3n) is 6.82. The largest absolute Gasteiger partial charge is 0.383 e. The van der Waals surface area contributed by atoms with Crippen LogP contribution in [0.5, 0.6) is 0 Å². The van der Waals surface area contributed by atoms with Gasteiger partial charge in [-0.25, -0.2) is 31.9 Å². The Hall–Kier alpha value is -3.39. The van der Waals surface area contributed by atoms with Crippen molar-refractivity contribution in [2.24, 2.45) is 4.99 Å². The van der Waals surface area contributed by atoms with Crippen LogP contribution < -0.4 is 5.73 Å². The summed E-state index contributed by atoms with van der Waals surface area (Å²) in [7, 11) is -3.10. The van der Waals surface area contributed by atoms with E-state index in [0.717, 1.165) is 36.5 Å². The van der Waals surface area contributed by atoms with Gasteiger partial charge in [0.15, 0.2) is 5.82 Å². The van der Waals surface area contributed by atoms with Crippen molar-refractivity contribution >= 4 is 31.3 Å². The Balaban J connectivity index is 1.42. The second-order valence-corrected chi connectivity index (χ2v) is 14.2. The van der Waals surface area contributed by atoms with Crippen molar-refractivity contribution in [2.75, 3.05) is 51.5 Å². The van der Waals surface area contributed by atoms with Crippen LogP contribution in [0.3, 0.4) is 0 Å². The van der Waals surface area contributed by atoms with E-state index in [0.29, 0.717) is 43.3 Å². The molecule has 2 heterocycles. The fraction of sp³-hybridized carbons (Fsp3) is 0.393. The second-order valence-electron chi connectivity index (χ2n) is 10.0. The van der Waals surface area contributed by atoms with Crippen molar-refractivity contribution in [3.05, 3.63) is 65.9 Å². The van der Waals surface area contributed by atoms with Crippen molar-refractivity contribution in [3.8, 4) is 11.4 Å². The van der Waals surface area contributed by atoms with Gasteiger partial charge < -0.3 is 10.6 Å². The monoisotopic (exact) mass is 600 g/mol. The molecule has 0 saturated carbocycles. The fourth-order valence-corrected chi connectivity index (χ4v) is 6.36. The number of rotatable bonds is 12. The van der Waals surface area contributed by atoms with E-state index in [2.05, 4.69) is 4.98 Å². The third kappa shape index (κ3) is 7.88. The summed E-state index contributed by atoms with van der Waals surface area (Å²) in [5.74, 6) is 1.65. The van der Waals surface area contributed by atoms with E-state index in [9.17, 15) is 16.8 Å². The molecular formula is C28H36N6O5S2. The maximum Gasteiger partial charge on any atom is 0.206 e. The number of unbranched alkanes of at least 4 members (excludes halogenated alkanes) is 1. The lowest BCUT2D eigenvalue weighted by atomic mass is 10.0. The van der Waals surface area contributed by atoms with Gasteiger partial charge in [-0.3, -0.25) is 9.83 Å². The first kappa shape index (κ1) is 30.6. The molecule has 2 N–H and O–H groups in total. The Bertz CT molecular complexity index is 1590. The van der Waals surface area contributed by atoms with Crippen LogP contribution in [-0.2, 0) is 37.5 Å². The molecule has 0 saturated heterocycles. The van der Waals surface area contributed by atoms with E-state index in [1.807, 2.05) is 11.9 Å². The smallest absolute Gasteiger partial charge is 0.206 e. The molecule has 0 bridgehead atoms. The summed E-state index contributed by atoms with van der Waals surface area (Å²) in [4.78, 5) is 22.0. The minimum absolute atomic E-state index is 0.153. The van der Waals surface area contributed by atoms with E-state index >= 15 is 0 Å². The maximum atomic E-state index is 12.9. The fourth-order valence-electron chi connectivity index (χ4n) is 4.43. The Morgan fingerprint density at radius 1 is 0.976 bits per heavy atom. The Morgan fingerprint density at radius 2 is 1.66 bits per heavy atom. The van der Waals surface area contributed by atoms with Crippen molar-refractivity contribution in [1.29, 1.82) is 0 Å². The molecule has 0 fully saturated rings. The highest BCUT2D eigenvalue weighted by Crippen LogP contribution is 2.28. The van der Waals surface area contributed by atoms with E-state index < -0.39 is 19.7 Å². The number of hydrogen-bond donors (Lipinski definition) is 1. The Kier molecular flexibility index (Phi) is 9.74. The summed E-state index contributed by atoms with van der Waals surface area (Å²) in [6.45, 7) is 2.25. The quantitative estimate of drug-likeness (QED) is 0.308. The third-order valence-corrected chi connectivity index (χ3v) is 9.53. The number of nitrogen functional groups attached to an aromatic ring is 1. The number of nitrogens with zero attached hydrogens (tertiary/aromatic N) is 5. The lowest BCUT2D eigenvalue weighted by molar-refractivity contribution is -0.0770. The minimum atomic E-state index is -3.63. The normalized spacial score (nSPS) is 14.9. The average Bonchev–Trinajstić information content (AvgIpc) is 2.95. The summed E-state index contributed by atoms with van der Waals surface area (Å²) in [6.07, 6.45) is 3.41. The van der Waals surface area contributed by atoms with E-state index in [-0.39, 0.29) is 15.5 Å². The van der Waals surface area contributed by atoms with Gasteiger partial charge in [-0.15, -0.1) is 0 Å². The Morgan fingerprint density at radius 3 is 2.32 bits per heavy atom. The molecule has 0 radical (unpaired) electrons. The number of nitrogens with two attached hydrogens (primary N) is 1. The number of aliphatic imine (C=N–C) groups is 1. The molecule has 3 aromatic rings. The molecule has 2 aromatic carbocycles. The molecule has 11 nitrogen and oxygen atoms in total. The first-order valence-electron chi connectivity index (χ1n) is 13.2. The Labute approximate surface area is 241 Å². The van der Waals surface area contributed by atoms with Crippen LogP contribution in [0.1, 0.15) is 24.1 Å². The summed E-state index contributed by atoms with van der Waals surface area (Å²) >= 11 is 0. The van der Waals surface area contributed by atoms with E-state index in [1.54, 1.807) is 66.8 Å². The molecule has 0 aliphatic carbocycles. The highest BCUT2D eigenvalue weighted by Gasteiger charge is 2.26. The number of sulfone groups is 2. The van der Waals surface area contributed by atoms with Gasteiger partial charge in [0.05, 0.1) is 34.9 Å². The minimum Gasteiger partial charge on any atom is -0.383 e.